The molecule has 0 saturated carbocycles. The van der Waals surface area contributed by atoms with E-state index in [1.807, 2.05) is 6.07 Å². The van der Waals surface area contributed by atoms with Crippen LogP contribution >= 0.6 is 0 Å². The lowest BCUT2D eigenvalue weighted by molar-refractivity contribution is -0.141. The van der Waals surface area contributed by atoms with Crippen LogP contribution in [0.1, 0.15) is 0 Å². The molecule has 0 saturated heterocycles. The van der Waals surface area contributed by atoms with Gasteiger partial charge in [0, 0.05) is 19.8 Å². The van der Waals surface area contributed by atoms with E-state index in [2.05, 4.69) is 5.32 Å². The number of carbonyl (C=O) groups excluding carboxylic acids is 2. The summed E-state index contributed by atoms with van der Waals surface area (Å²) in [6.07, 6.45) is 0. The minimum atomic E-state index is -0.624. The van der Waals surface area contributed by atoms with Gasteiger partial charge in [0.15, 0.2) is 0 Å². The number of nitrogens with zero attached hydrogens (tertiary/aromatic N) is 1. The number of amides is 2. The number of hydrogen-bond acceptors (Lipinski definition) is 2. The summed E-state index contributed by atoms with van der Waals surface area (Å²) in [6, 6.07) is 8.86. The van der Waals surface area contributed by atoms with Crippen LogP contribution in [0.2, 0.25) is 0 Å². The fourth-order valence-electron chi connectivity index (χ4n) is 0.909. The first-order valence-electron chi connectivity index (χ1n) is 4.19. The van der Waals surface area contributed by atoms with E-state index in [1.165, 1.54) is 19.0 Å². The molecule has 0 aliphatic carbocycles. The highest BCUT2D eigenvalue weighted by molar-refractivity contribution is 6.39. The lowest BCUT2D eigenvalue weighted by Crippen LogP contribution is -2.34. The van der Waals surface area contributed by atoms with E-state index in [9.17, 15) is 9.59 Å². The molecule has 1 rings (SSSR count). The Morgan fingerprint density at radius 2 is 1.71 bits per heavy atom. The number of likely N-dealkylation sites (N-methyl/N-ethyl adjacent to an activating group) is 1. The maximum Gasteiger partial charge on any atom is 0.313 e. The van der Waals surface area contributed by atoms with Crippen molar-refractivity contribution in [1.82, 2.24) is 4.90 Å². The second-order valence-electron chi connectivity index (χ2n) is 3.02. The third kappa shape index (κ3) is 2.58. The Bertz CT molecular complexity index is 333. The van der Waals surface area contributed by atoms with E-state index >= 15 is 0 Å². The van der Waals surface area contributed by atoms with Crippen LogP contribution in [-0.2, 0) is 9.59 Å². The van der Waals surface area contributed by atoms with Crippen LogP contribution in [0, 0.1) is 0 Å². The number of nitrogens with one attached hydrogen (secondary N) is 1. The quantitative estimate of drug-likeness (QED) is 0.666. The zero-order valence-electron chi connectivity index (χ0n) is 8.15. The van der Waals surface area contributed by atoms with Crippen molar-refractivity contribution in [2.24, 2.45) is 0 Å². The lowest BCUT2D eigenvalue weighted by Gasteiger charge is -2.09. The first-order valence-corrected chi connectivity index (χ1v) is 4.19. The molecule has 14 heavy (non-hydrogen) atoms. The number of benzene rings is 1. The van der Waals surface area contributed by atoms with E-state index < -0.39 is 11.8 Å². The first kappa shape index (κ1) is 10.2. The molecule has 1 aromatic carbocycles. The molecule has 0 bridgehead atoms. The lowest BCUT2D eigenvalue weighted by atomic mass is 10.3. The summed E-state index contributed by atoms with van der Waals surface area (Å²) in [5.41, 5.74) is 0.618. The van der Waals surface area contributed by atoms with Crippen LogP contribution in [0.4, 0.5) is 5.69 Å². The molecular weight excluding hydrogens is 180 g/mol. The Balaban J connectivity index is 2.63. The monoisotopic (exact) mass is 192 g/mol. The summed E-state index contributed by atoms with van der Waals surface area (Å²) in [7, 11) is 3.07. The van der Waals surface area contributed by atoms with Crippen molar-refractivity contribution in [2.75, 3.05) is 19.4 Å². The summed E-state index contributed by atoms with van der Waals surface area (Å²) < 4.78 is 0. The van der Waals surface area contributed by atoms with E-state index in [-0.39, 0.29) is 0 Å². The maximum atomic E-state index is 11.3. The highest BCUT2D eigenvalue weighted by atomic mass is 16.2. The first-order chi connectivity index (χ1) is 6.61. The second kappa shape index (κ2) is 4.41. The number of rotatable bonds is 1. The zero-order valence-corrected chi connectivity index (χ0v) is 8.15. The molecule has 4 nitrogen and oxygen atoms in total. The minimum Gasteiger partial charge on any atom is -0.341 e. The van der Waals surface area contributed by atoms with Gasteiger partial charge in [-0.1, -0.05) is 18.2 Å². The number of anilines is 1. The summed E-state index contributed by atoms with van der Waals surface area (Å²) in [6.45, 7) is 0. The predicted octanol–water partition coefficient (Wildman–Crippen LogP) is 0.713. The largest absolute Gasteiger partial charge is 0.341 e. The number of para-hydroxylation sites is 1. The molecule has 0 radical (unpaired) electrons. The maximum absolute atomic E-state index is 11.3. The molecule has 0 aliphatic heterocycles. The molecule has 1 aromatic rings. The smallest absolute Gasteiger partial charge is 0.313 e. The van der Waals surface area contributed by atoms with Gasteiger partial charge in [-0.15, -0.1) is 0 Å². The van der Waals surface area contributed by atoms with Gasteiger partial charge < -0.3 is 10.2 Å². The van der Waals surface area contributed by atoms with Crippen LogP contribution in [0.3, 0.4) is 0 Å². The van der Waals surface area contributed by atoms with Gasteiger partial charge in [0.05, 0.1) is 0 Å². The normalized spacial score (nSPS) is 9.29. The standard InChI is InChI=1S/C10H12N2O2/c1-12(2)10(14)9(13)11-8-6-4-3-5-7-8/h3-7H,1-2H3,(H,11,13). The fourth-order valence-corrected chi connectivity index (χ4v) is 0.909. The molecule has 4 heteroatoms. The molecule has 1 N–H and O–H groups in total. The van der Waals surface area contributed by atoms with Crippen LogP contribution < -0.4 is 5.32 Å². The zero-order chi connectivity index (χ0) is 10.6. The third-order valence-electron chi connectivity index (χ3n) is 1.63. The van der Waals surface area contributed by atoms with Crippen molar-refractivity contribution < 1.29 is 9.59 Å². The average molecular weight is 192 g/mol. The Labute approximate surface area is 82.5 Å². The van der Waals surface area contributed by atoms with Crippen molar-refractivity contribution >= 4 is 17.5 Å². The van der Waals surface area contributed by atoms with Crippen molar-refractivity contribution in [2.45, 2.75) is 0 Å². The van der Waals surface area contributed by atoms with Gasteiger partial charge in [-0.2, -0.15) is 0 Å². The Hall–Kier alpha value is -1.84. The van der Waals surface area contributed by atoms with Crippen LogP contribution in [0.5, 0.6) is 0 Å². The minimum absolute atomic E-state index is 0.561. The van der Waals surface area contributed by atoms with Gasteiger partial charge in [-0.05, 0) is 12.1 Å². The summed E-state index contributed by atoms with van der Waals surface area (Å²) in [5.74, 6) is -1.19. The van der Waals surface area contributed by atoms with Crippen molar-refractivity contribution in [1.29, 1.82) is 0 Å². The van der Waals surface area contributed by atoms with Crippen molar-refractivity contribution in [3.63, 3.8) is 0 Å². The predicted molar refractivity (Wildman–Crippen MR) is 53.8 cm³/mol. The van der Waals surface area contributed by atoms with Gasteiger partial charge in [0.1, 0.15) is 0 Å². The van der Waals surface area contributed by atoms with Crippen LogP contribution in [0.15, 0.2) is 30.3 Å². The molecule has 0 aromatic heterocycles. The Morgan fingerprint density at radius 3 is 2.21 bits per heavy atom. The summed E-state index contributed by atoms with van der Waals surface area (Å²) in [4.78, 5) is 23.6. The molecular formula is C10H12N2O2. The van der Waals surface area contributed by atoms with Crippen LogP contribution in [0.25, 0.3) is 0 Å². The van der Waals surface area contributed by atoms with Crippen molar-refractivity contribution in [3.05, 3.63) is 30.3 Å². The van der Waals surface area contributed by atoms with Crippen LogP contribution in [-0.4, -0.2) is 30.8 Å². The fraction of sp³-hybridized carbons (Fsp3) is 0.200. The molecule has 74 valence electrons. The topological polar surface area (TPSA) is 49.4 Å². The molecule has 0 atom stereocenters. The molecule has 0 heterocycles. The van der Waals surface area contributed by atoms with E-state index in [4.69, 9.17) is 0 Å². The van der Waals surface area contributed by atoms with E-state index in [0.29, 0.717) is 5.69 Å². The second-order valence-corrected chi connectivity index (χ2v) is 3.02. The Kier molecular flexibility index (Phi) is 3.23. The summed E-state index contributed by atoms with van der Waals surface area (Å²) >= 11 is 0. The van der Waals surface area contributed by atoms with Crippen molar-refractivity contribution in [3.8, 4) is 0 Å². The highest BCUT2D eigenvalue weighted by Crippen LogP contribution is 2.04. The molecule has 0 unspecified atom stereocenters. The van der Waals surface area contributed by atoms with Gasteiger partial charge in [0.25, 0.3) is 0 Å². The highest BCUT2D eigenvalue weighted by Gasteiger charge is 2.14. The molecule has 0 aliphatic rings. The molecule has 2 amide bonds. The molecule has 0 fully saturated rings. The van der Waals surface area contributed by atoms with Gasteiger partial charge in [-0.3, -0.25) is 9.59 Å². The Morgan fingerprint density at radius 1 is 1.14 bits per heavy atom. The van der Waals surface area contributed by atoms with E-state index in [0.717, 1.165) is 0 Å². The van der Waals surface area contributed by atoms with Gasteiger partial charge in [-0.25, -0.2) is 0 Å². The van der Waals surface area contributed by atoms with Gasteiger partial charge >= 0.3 is 11.8 Å². The summed E-state index contributed by atoms with van der Waals surface area (Å²) in [5, 5.41) is 2.49. The molecule has 0 spiro atoms. The average Bonchev–Trinajstić information content (AvgIpc) is 2.18. The number of carbonyl (C=O) groups is 2. The SMILES string of the molecule is CN(C)C(=O)C(=O)Nc1ccccc1. The van der Waals surface area contributed by atoms with E-state index in [1.54, 1.807) is 24.3 Å². The van der Waals surface area contributed by atoms with Gasteiger partial charge in [0.2, 0.25) is 0 Å². The third-order valence-corrected chi connectivity index (χ3v) is 1.63. The number of hydrogen-bond donors (Lipinski definition) is 1.